The second kappa shape index (κ2) is 4.39. The molecule has 3 heteroatoms. The van der Waals surface area contributed by atoms with Gasteiger partial charge in [0, 0.05) is 5.54 Å². The molecule has 0 saturated carbocycles. The van der Waals surface area contributed by atoms with Crippen molar-refractivity contribution in [1.82, 2.24) is 5.32 Å². The Morgan fingerprint density at radius 1 is 1.33 bits per heavy atom. The van der Waals surface area contributed by atoms with E-state index < -0.39 is 11.5 Å². The number of benzene rings is 1. The van der Waals surface area contributed by atoms with E-state index in [0.717, 1.165) is 24.0 Å². The Bertz CT molecular complexity index is 462. The maximum absolute atomic E-state index is 11.9. The van der Waals surface area contributed by atoms with Gasteiger partial charge in [-0.3, -0.25) is 5.32 Å². The van der Waals surface area contributed by atoms with Gasteiger partial charge < -0.3 is 5.11 Å². The molecule has 98 valence electrons. The molecule has 2 N–H and O–H groups in total. The molecule has 0 bridgehead atoms. The van der Waals surface area contributed by atoms with Gasteiger partial charge in [0.2, 0.25) is 0 Å². The maximum Gasteiger partial charge on any atom is 0.328 e. The van der Waals surface area contributed by atoms with Crippen LogP contribution in [0.15, 0.2) is 24.3 Å². The number of rotatable bonds is 2. The quantitative estimate of drug-likeness (QED) is 0.844. The first-order valence-corrected chi connectivity index (χ1v) is 6.46. The molecule has 1 unspecified atom stereocenters. The molecule has 0 saturated heterocycles. The van der Waals surface area contributed by atoms with E-state index in [1.54, 1.807) is 0 Å². The van der Waals surface area contributed by atoms with E-state index in [9.17, 15) is 9.90 Å². The highest BCUT2D eigenvalue weighted by Crippen LogP contribution is 2.37. The van der Waals surface area contributed by atoms with E-state index >= 15 is 0 Å². The first-order valence-electron chi connectivity index (χ1n) is 6.46. The average molecular weight is 247 g/mol. The molecule has 18 heavy (non-hydrogen) atoms. The van der Waals surface area contributed by atoms with Crippen LogP contribution >= 0.6 is 0 Å². The predicted octanol–water partition coefficient (Wildman–Crippen LogP) is 2.69. The van der Waals surface area contributed by atoms with E-state index in [4.69, 9.17) is 0 Å². The first-order chi connectivity index (χ1) is 8.35. The highest BCUT2D eigenvalue weighted by molar-refractivity contribution is 5.82. The molecule has 0 spiro atoms. The lowest BCUT2D eigenvalue weighted by Gasteiger charge is -2.41. The summed E-state index contributed by atoms with van der Waals surface area (Å²) in [5.41, 5.74) is 0.914. The molecule has 0 fully saturated rings. The first kappa shape index (κ1) is 13.1. The second-order valence-corrected chi connectivity index (χ2v) is 6.10. The van der Waals surface area contributed by atoms with Crippen molar-refractivity contribution in [2.45, 2.75) is 51.1 Å². The lowest BCUT2D eigenvalue weighted by Crippen LogP contribution is -2.57. The summed E-state index contributed by atoms with van der Waals surface area (Å²) in [4.78, 5) is 11.9. The van der Waals surface area contributed by atoms with Crippen LogP contribution in [0.25, 0.3) is 0 Å². The van der Waals surface area contributed by atoms with Crippen molar-refractivity contribution in [2.75, 3.05) is 0 Å². The van der Waals surface area contributed by atoms with Crippen LogP contribution in [0.5, 0.6) is 0 Å². The minimum Gasteiger partial charge on any atom is -0.480 e. The average Bonchev–Trinajstić information content (AvgIpc) is 2.27. The van der Waals surface area contributed by atoms with Gasteiger partial charge in [-0.25, -0.2) is 4.79 Å². The zero-order valence-electron chi connectivity index (χ0n) is 11.3. The standard InChI is InChI=1S/C15H21NO2/c1-14(2,3)16-15(13(17)18)10-6-8-11-7-4-5-9-12(11)15/h4-5,7,9,16H,6,8,10H2,1-3H3,(H,17,18). The van der Waals surface area contributed by atoms with Crippen LogP contribution in [-0.4, -0.2) is 16.6 Å². The van der Waals surface area contributed by atoms with E-state index in [2.05, 4.69) is 5.32 Å². The smallest absolute Gasteiger partial charge is 0.328 e. The van der Waals surface area contributed by atoms with Crippen LogP contribution < -0.4 is 5.32 Å². The number of aliphatic carboxylic acids is 1. The van der Waals surface area contributed by atoms with Crippen LogP contribution in [0.2, 0.25) is 0 Å². The van der Waals surface area contributed by atoms with Crippen LogP contribution in [-0.2, 0) is 16.8 Å². The molecule has 1 aromatic rings. The summed E-state index contributed by atoms with van der Waals surface area (Å²) in [6.45, 7) is 6.03. The van der Waals surface area contributed by atoms with E-state index in [-0.39, 0.29) is 5.54 Å². The molecule has 1 aromatic carbocycles. The molecule has 0 heterocycles. The van der Waals surface area contributed by atoms with Gasteiger partial charge in [0.15, 0.2) is 0 Å². The fraction of sp³-hybridized carbons (Fsp3) is 0.533. The van der Waals surface area contributed by atoms with Crippen LogP contribution in [0, 0.1) is 0 Å². The van der Waals surface area contributed by atoms with Crippen LogP contribution in [0.3, 0.4) is 0 Å². The largest absolute Gasteiger partial charge is 0.480 e. The van der Waals surface area contributed by atoms with Gasteiger partial charge in [0.1, 0.15) is 5.54 Å². The Morgan fingerprint density at radius 2 is 2.00 bits per heavy atom. The molecular formula is C15H21NO2. The summed E-state index contributed by atoms with van der Waals surface area (Å²) in [6.07, 6.45) is 2.53. The zero-order chi connectivity index (χ0) is 13.4. The summed E-state index contributed by atoms with van der Waals surface area (Å²) in [7, 11) is 0. The molecule has 0 amide bonds. The summed E-state index contributed by atoms with van der Waals surface area (Å²) in [5, 5.41) is 13.1. The third-order valence-electron chi connectivity index (χ3n) is 3.43. The molecule has 0 aliphatic heterocycles. The molecule has 1 atom stereocenters. The maximum atomic E-state index is 11.9. The Morgan fingerprint density at radius 3 is 2.61 bits per heavy atom. The molecular weight excluding hydrogens is 226 g/mol. The highest BCUT2D eigenvalue weighted by atomic mass is 16.4. The van der Waals surface area contributed by atoms with Crippen LogP contribution in [0.1, 0.15) is 44.7 Å². The van der Waals surface area contributed by atoms with Gasteiger partial charge >= 0.3 is 5.97 Å². The Balaban J connectivity index is 2.53. The number of carboxylic acids is 1. The zero-order valence-corrected chi connectivity index (χ0v) is 11.3. The predicted molar refractivity (Wildman–Crippen MR) is 71.6 cm³/mol. The third-order valence-corrected chi connectivity index (χ3v) is 3.43. The summed E-state index contributed by atoms with van der Waals surface area (Å²) in [5.74, 6) is -0.774. The van der Waals surface area contributed by atoms with Gasteiger partial charge in [0.05, 0.1) is 0 Å². The second-order valence-electron chi connectivity index (χ2n) is 6.10. The summed E-state index contributed by atoms with van der Waals surface area (Å²) in [6, 6.07) is 7.89. The van der Waals surface area contributed by atoms with Crippen molar-refractivity contribution in [1.29, 1.82) is 0 Å². The normalized spacial score (nSPS) is 23.5. The molecule has 0 radical (unpaired) electrons. The fourth-order valence-electron chi connectivity index (χ4n) is 2.88. The number of carboxylic acid groups (broad SMARTS) is 1. The Kier molecular flexibility index (Phi) is 3.20. The minimum atomic E-state index is -0.937. The molecule has 3 nitrogen and oxygen atoms in total. The number of aryl methyl sites for hydroxylation is 1. The molecule has 1 aliphatic rings. The SMILES string of the molecule is CC(C)(C)NC1(C(=O)O)CCCc2ccccc21. The molecule has 2 rings (SSSR count). The number of nitrogens with one attached hydrogen (secondary N) is 1. The van der Waals surface area contributed by atoms with Gasteiger partial charge in [-0.15, -0.1) is 0 Å². The number of hydrogen-bond donors (Lipinski definition) is 2. The minimum absolute atomic E-state index is 0.233. The monoisotopic (exact) mass is 247 g/mol. The van der Waals surface area contributed by atoms with Gasteiger partial charge in [-0.2, -0.15) is 0 Å². The molecule has 1 aliphatic carbocycles. The van der Waals surface area contributed by atoms with Crippen molar-refractivity contribution >= 4 is 5.97 Å². The summed E-state index contributed by atoms with van der Waals surface area (Å²) < 4.78 is 0. The van der Waals surface area contributed by atoms with Gasteiger partial charge in [0.25, 0.3) is 0 Å². The summed E-state index contributed by atoms with van der Waals surface area (Å²) >= 11 is 0. The van der Waals surface area contributed by atoms with Crippen molar-refractivity contribution in [3.05, 3.63) is 35.4 Å². The number of carbonyl (C=O) groups is 1. The lowest BCUT2D eigenvalue weighted by atomic mass is 9.75. The number of hydrogen-bond acceptors (Lipinski definition) is 2. The van der Waals surface area contributed by atoms with E-state index in [0.29, 0.717) is 6.42 Å². The Hall–Kier alpha value is -1.35. The molecule has 0 aromatic heterocycles. The van der Waals surface area contributed by atoms with Crippen molar-refractivity contribution in [2.24, 2.45) is 0 Å². The van der Waals surface area contributed by atoms with Crippen molar-refractivity contribution < 1.29 is 9.90 Å². The van der Waals surface area contributed by atoms with Gasteiger partial charge in [-0.1, -0.05) is 24.3 Å². The van der Waals surface area contributed by atoms with Crippen LogP contribution in [0.4, 0.5) is 0 Å². The third kappa shape index (κ3) is 2.27. The van der Waals surface area contributed by atoms with E-state index in [1.807, 2.05) is 45.0 Å². The lowest BCUT2D eigenvalue weighted by molar-refractivity contribution is -0.147. The number of fused-ring (bicyclic) bond motifs is 1. The Labute approximate surface area is 108 Å². The van der Waals surface area contributed by atoms with E-state index in [1.165, 1.54) is 0 Å². The van der Waals surface area contributed by atoms with Gasteiger partial charge in [-0.05, 0) is 51.2 Å². The van der Waals surface area contributed by atoms with Crippen molar-refractivity contribution in [3.8, 4) is 0 Å². The topological polar surface area (TPSA) is 49.3 Å². The fourth-order valence-corrected chi connectivity index (χ4v) is 2.88. The highest BCUT2D eigenvalue weighted by Gasteiger charge is 2.45. The van der Waals surface area contributed by atoms with Crippen molar-refractivity contribution in [3.63, 3.8) is 0 Å².